The van der Waals surface area contributed by atoms with Gasteiger partial charge < -0.3 is 4.52 Å². The minimum Gasteiger partial charge on any atom is -0.404 e. The Labute approximate surface area is 117 Å². The van der Waals surface area contributed by atoms with Crippen LogP contribution < -0.4 is 4.52 Å². The van der Waals surface area contributed by atoms with Gasteiger partial charge in [-0.05, 0) is 11.8 Å². The number of rotatable bonds is 5. The van der Waals surface area contributed by atoms with Crippen LogP contribution in [-0.2, 0) is 4.57 Å². The molecular formula is C12H18NO6P. The lowest BCUT2D eigenvalue weighted by molar-refractivity contribution is -0.385. The van der Waals surface area contributed by atoms with Gasteiger partial charge in [-0.15, -0.1) is 0 Å². The van der Waals surface area contributed by atoms with Crippen molar-refractivity contribution < 1.29 is 23.8 Å². The molecule has 0 bridgehead atoms. The molecule has 0 atom stereocenters. The molecule has 0 fully saturated rings. The zero-order valence-electron chi connectivity index (χ0n) is 11.7. The molecular weight excluding hydrogens is 285 g/mol. The van der Waals surface area contributed by atoms with Crippen molar-refractivity contribution in [3.63, 3.8) is 0 Å². The van der Waals surface area contributed by atoms with E-state index in [4.69, 9.17) is 14.3 Å². The van der Waals surface area contributed by atoms with Gasteiger partial charge in [0.2, 0.25) is 0 Å². The van der Waals surface area contributed by atoms with Gasteiger partial charge in [-0.3, -0.25) is 19.9 Å². The second kappa shape index (κ2) is 5.91. The Hall–Kier alpha value is -1.43. The number of phosphoric ester groups is 1. The Morgan fingerprint density at radius 3 is 1.80 bits per heavy atom. The molecule has 0 amide bonds. The van der Waals surface area contributed by atoms with Crippen molar-refractivity contribution in [1.29, 1.82) is 0 Å². The maximum atomic E-state index is 11.1. The van der Waals surface area contributed by atoms with Gasteiger partial charge in [-0.1, -0.05) is 27.7 Å². The molecule has 1 aromatic rings. The molecule has 0 aromatic heterocycles. The molecule has 0 saturated carbocycles. The van der Waals surface area contributed by atoms with Gasteiger partial charge in [0.25, 0.3) is 5.69 Å². The maximum Gasteiger partial charge on any atom is 0.524 e. The highest BCUT2D eigenvalue weighted by molar-refractivity contribution is 7.46. The van der Waals surface area contributed by atoms with E-state index in [1.807, 2.05) is 0 Å². The summed E-state index contributed by atoms with van der Waals surface area (Å²) in [4.78, 5) is 28.5. The third-order valence-electron chi connectivity index (χ3n) is 2.80. The average Bonchev–Trinajstić information content (AvgIpc) is 2.25. The molecule has 0 aliphatic carbocycles. The largest absolute Gasteiger partial charge is 0.524 e. The van der Waals surface area contributed by atoms with Crippen LogP contribution in [0.3, 0.4) is 0 Å². The molecule has 8 heteroatoms. The van der Waals surface area contributed by atoms with Crippen molar-refractivity contribution in [2.24, 2.45) is 0 Å². The molecule has 0 aliphatic rings. The molecule has 0 unspecified atom stereocenters. The van der Waals surface area contributed by atoms with Crippen LogP contribution in [0.15, 0.2) is 12.1 Å². The predicted octanol–water partition coefficient (Wildman–Crippen LogP) is 3.31. The van der Waals surface area contributed by atoms with Crippen molar-refractivity contribution in [3.05, 3.63) is 33.4 Å². The van der Waals surface area contributed by atoms with E-state index in [2.05, 4.69) is 0 Å². The van der Waals surface area contributed by atoms with Crippen molar-refractivity contribution in [1.82, 2.24) is 0 Å². The number of nitrogens with zero attached hydrogens (tertiary/aromatic N) is 1. The first-order valence-electron chi connectivity index (χ1n) is 6.10. The lowest BCUT2D eigenvalue weighted by atomic mass is 9.93. The van der Waals surface area contributed by atoms with E-state index in [1.54, 1.807) is 27.7 Å². The predicted molar refractivity (Wildman–Crippen MR) is 73.9 cm³/mol. The highest BCUT2D eigenvalue weighted by Gasteiger charge is 2.26. The van der Waals surface area contributed by atoms with Crippen LogP contribution in [-0.4, -0.2) is 14.7 Å². The Balaban J connectivity index is 3.59. The molecule has 0 aliphatic heterocycles. The average molecular weight is 303 g/mol. The number of hydrogen-bond acceptors (Lipinski definition) is 4. The quantitative estimate of drug-likeness (QED) is 0.490. The third-order valence-corrected chi connectivity index (χ3v) is 3.22. The lowest BCUT2D eigenvalue weighted by Crippen LogP contribution is -2.04. The summed E-state index contributed by atoms with van der Waals surface area (Å²) in [7, 11) is -4.73. The molecule has 0 heterocycles. The minimum absolute atomic E-state index is 0.0360. The minimum atomic E-state index is -4.73. The number of non-ortho nitro benzene ring substituents is 1. The molecule has 1 aromatic carbocycles. The topological polar surface area (TPSA) is 110 Å². The van der Waals surface area contributed by atoms with Crippen LogP contribution in [0, 0.1) is 10.1 Å². The summed E-state index contributed by atoms with van der Waals surface area (Å²) >= 11 is 0. The molecule has 20 heavy (non-hydrogen) atoms. The summed E-state index contributed by atoms with van der Waals surface area (Å²) in [5.74, 6) is -0.308. The van der Waals surface area contributed by atoms with Crippen LogP contribution in [0.25, 0.3) is 0 Å². The number of nitro benzene ring substituents is 1. The Morgan fingerprint density at radius 2 is 1.55 bits per heavy atom. The van der Waals surface area contributed by atoms with Crippen LogP contribution in [0.4, 0.5) is 5.69 Å². The van der Waals surface area contributed by atoms with E-state index < -0.39 is 12.7 Å². The van der Waals surface area contributed by atoms with E-state index in [9.17, 15) is 14.7 Å². The van der Waals surface area contributed by atoms with Gasteiger partial charge in [0.05, 0.1) is 4.92 Å². The zero-order chi connectivity index (χ0) is 15.7. The highest BCUT2D eigenvalue weighted by Crippen LogP contribution is 2.46. The second-order valence-corrected chi connectivity index (χ2v) is 6.27. The fraction of sp³-hybridized carbons (Fsp3) is 0.500. The zero-order valence-corrected chi connectivity index (χ0v) is 12.6. The van der Waals surface area contributed by atoms with Crippen LogP contribution in [0.2, 0.25) is 0 Å². The third kappa shape index (κ3) is 4.03. The standard InChI is InChI=1S/C12H18NO6P/c1-7(2)10-5-9(13(14)15)6-11(8(3)4)12(10)19-20(16,17)18/h5-8H,1-4H3,(H2,16,17,18). The van der Waals surface area contributed by atoms with Crippen molar-refractivity contribution in [2.45, 2.75) is 39.5 Å². The first-order chi connectivity index (χ1) is 9.03. The van der Waals surface area contributed by atoms with E-state index in [0.29, 0.717) is 11.1 Å². The summed E-state index contributed by atoms with van der Waals surface area (Å²) < 4.78 is 15.9. The SMILES string of the molecule is CC(C)c1cc([N+](=O)[O-])cc(C(C)C)c1OP(=O)(O)O. The van der Waals surface area contributed by atoms with Gasteiger partial charge in [-0.25, -0.2) is 4.57 Å². The smallest absolute Gasteiger partial charge is 0.404 e. The first kappa shape index (κ1) is 16.6. The summed E-state index contributed by atoms with van der Waals surface area (Å²) in [6, 6.07) is 2.59. The van der Waals surface area contributed by atoms with Crippen molar-refractivity contribution >= 4 is 13.5 Å². The fourth-order valence-corrected chi connectivity index (χ4v) is 2.29. The summed E-state index contributed by atoms with van der Waals surface area (Å²) in [6.07, 6.45) is 0. The number of nitro groups is 1. The molecule has 1 rings (SSSR count). The van der Waals surface area contributed by atoms with Gasteiger partial charge >= 0.3 is 7.82 Å². The molecule has 112 valence electrons. The molecule has 0 spiro atoms. The van der Waals surface area contributed by atoms with Crippen LogP contribution >= 0.6 is 7.82 Å². The number of phosphoric acid groups is 1. The van der Waals surface area contributed by atoms with Gasteiger partial charge in [0.1, 0.15) is 5.75 Å². The monoisotopic (exact) mass is 303 g/mol. The molecule has 7 nitrogen and oxygen atoms in total. The molecule has 0 radical (unpaired) electrons. The summed E-state index contributed by atoms with van der Waals surface area (Å²) in [6.45, 7) is 7.09. The number of hydrogen-bond donors (Lipinski definition) is 2. The molecule has 2 N–H and O–H groups in total. The van der Waals surface area contributed by atoms with Crippen molar-refractivity contribution in [2.75, 3.05) is 0 Å². The van der Waals surface area contributed by atoms with E-state index in [-0.39, 0.29) is 23.3 Å². The van der Waals surface area contributed by atoms with Gasteiger partial charge in [0.15, 0.2) is 0 Å². The van der Waals surface area contributed by atoms with E-state index in [0.717, 1.165) is 0 Å². The van der Waals surface area contributed by atoms with Crippen LogP contribution in [0.1, 0.15) is 50.7 Å². The van der Waals surface area contributed by atoms with Gasteiger partial charge in [-0.2, -0.15) is 0 Å². The fourth-order valence-electron chi connectivity index (χ4n) is 1.85. The van der Waals surface area contributed by atoms with E-state index in [1.165, 1.54) is 12.1 Å². The van der Waals surface area contributed by atoms with Gasteiger partial charge in [0, 0.05) is 23.3 Å². The van der Waals surface area contributed by atoms with Crippen molar-refractivity contribution in [3.8, 4) is 5.75 Å². The van der Waals surface area contributed by atoms with Crippen LogP contribution in [0.5, 0.6) is 5.75 Å². The second-order valence-electron chi connectivity index (χ2n) is 5.10. The normalized spacial score (nSPS) is 12.0. The summed E-state index contributed by atoms with van der Waals surface area (Å²) in [5, 5.41) is 11.0. The maximum absolute atomic E-state index is 11.1. The van der Waals surface area contributed by atoms with E-state index >= 15 is 0 Å². The Morgan fingerprint density at radius 1 is 1.15 bits per heavy atom. The lowest BCUT2D eigenvalue weighted by Gasteiger charge is -2.19. The summed E-state index contributed by atoms with van der Waals surface area (Å²) in [5.41, 5.74) is 0.702. The first-order valence-corrected chi connectivity index (χ1v) is 7.63. The Bertz CT molecular complexity index is 534. The molecule has 0 saturated heterocycles. The highest BCUT2D eigenvalue weighted by atomic mass is 31.2. The Kier molecular flexibility index (Phi) is 4.91. The number of benzene rings is 1.